The summed E-state index contributed by atoms with van der Waals surface area (Å²) in [5.41, 5.74) is 0. The van der Waals surface area contributed by atoms with Gasteiger partial charge in [0.25, 0.3) is 0 Å². The molecule has 48 valence electrons. The van der Waals surface area contributed by atoms with E-state index in [-0.39, 0.29) is 61.2 Å². The number of hydrogen-bond donors (Lipinski definition) is 0. The second-order valence-corrected chi connectivity index (χ2v) is 1.58. The molecular weight excluding hydrogens is 148 g/mol. The van der Waals surface area contributed by atoms with Gasteiger partial charge in [-0.3, -0.25) is 9.59 Å². The van der Waals surface area contributed by atoms with Crippen LogP contribution in [0.5, 0.6) is 0 Å². The summed E-state index contributed by atoms with van der Waals surface area (Å²) in [5.74, 6) is -0.125. The van der Waals surface area contributed by atoms with E-state index >= 15 is 0 Å². The summed E-state index contributed by atoms with van der Waals surface area (Å²) >= 11 is 0. The van der Waals surface area contributed by atoms with E-state index in [4.69, 9.17) is 0 Å². The molecule has 0 aliphatic rings. The van der Waals surface area contributed by atoms with Crippen molar-refractivity contribution in [3.63, 3.8) is 0 Å². The predicted octanol–water partition coefficient (Wildman–Crippen LogP) is -0.651. The molecule has 0 radical (unpaired) electrons. The molecule has 0 heterocycles. The monoisotopic (exact) mass is 158 g/mol. The van der Waals surface area contributed by atoms with Crippen LogP contribution in [0.15, 0.2) is 0 Å². The minimum Gasteiger partial charge on any atom is -0.412 e. The Labute approximate surface area is 84.1 Å². The van der Waals surface area contributed by atoms with Gasteiger partial charge in [0, 0.05) is 0 Å². The average molecular weight is 158 g/mol. The van der Waals surface area contributed by atoms with E-state index in [9.17, 15) is 9.59 Å². The van der Waals surface area contributed by atoms with E-state index in [1.165, 1.54) is 13.8 Å². The molecule has 0 aliphatic carbocycles. The molecule has 0 fully saturated rings. The van der Waals surface area contributed by atoms with Gasteiger partial charge in [0.2, 0.25) is 0 Å². The summed E-state index contributed by atoms with van der Waals surface area (Å²) < 4.78 is 0. The molecule has 2 N–H and O–H groups in total. The third kappa shape index (κ3) is 17.7. The van der Waals surface area contributed by atoms with E-state index in [0.29, 0.717) is 0 Å². The Balaban J connectivity index is -0.000000180. The van der Waals surface area contributed by atoms with Gasteiger partial charge < -0.3 is 5.48 Å². The quantitative estimate of drug-likeness (QED) is 0.396. The van der Waals surface area contributed by atoms with Gasteiger partial charge in [-0.05, 0) is 13.8 Å². The zero-order valence-corrected chi connectivity index (χ0v) is 7.94. The van der Waals surface area contributed by atoms with Crippen LogP contribution in [-0.4, -0.2) is 54.8 Å². The molecule has 0 bridgehead atoms. The van der Waals surface area contributed by atoms with Gasteiger partial charge in [0.1, 0.15) is 11.6 Å². The van der Waals surface area contributed by atoms with Crippen molar-refractivity contribution in [2.45, 2.75) is 20.3 Å². The molecule has 4 heteroatoms. The van der Waals surface area contributed by atoms with E-state index in [1.54, 1.807) is 0 Å². The zero-order chi connectivity index (χ0) is 5.86. The SMILES string of the molecule is CC(=O)CC(C)=O.O.[Ca+2]. The van der Waals surface area contributed by atoms with Gasteiger partial charge >= 0.3 is 37.7 Å². The van der Waals surface area contributed by atoms with Crippen LogP contribution in [0, 0.1) is 0 Å². The van der Waals surface area contributed by atoms with Gasteiger partial charge in [0.05, 0.1) is 6.42 Å². The van der Waals surface area contributed by atoms with Crippen molar-refractivity contribution < 1.29 is 15.1 Å². The van der Waals surface area contributed by atoms with E-state index in [1.807, 2.05) is 0 Å². The van der Waals surface area contributed by atoms with Gasteiger partial charge in [-0.15, -0.1) is 0 Å². The van der Waals surface area contributed by atoms with E-state index in [0.717, 1.165) is 0 Å². The summed E-state index contributed by atoms with van der Waals surface area (Å²) in [6, 6.07) is 0. The van der Waals surface area contributed by atoms with E-state index < -0.39 is 0 Å². The number of ketones is 2. The van der Waals surface area contributed by atoms with Gasteiger partial charge in [0.15, 0.2) is 0 Å². The Morgan fingerprint density at radius 1 is 1.11 bits per heavy atom. The fraction of sp³-hybridized carbons (Fsp3) is 0.600. The summed E-state index contributed by atoms with van der Waals surface area (Å²) in [5, 5.41) is 0. The molecule has 0 unspecified atom stereocenters. The number of Topliss-reactive ketones (excluding diaryl/α,β-unsaturated/α-hetero) is 2. The molecule has 3 nitrogen and oxygen atoms in total. The van der Waals surface area contributed by atoms with Crippen molar-refractivity contribution in [2.75, 3.05) is 0 Å². The minimum atomic E-state index is -0.0625. The average Bonchev–Trinajstić information content (AvgIpc) is 1.27. The normalized spacial score (nSPS) is 6.44. The van der Waals surface area contributed by atoms with Gasteiger partial charge in [-0.25, -0.2) is 0 Å². The topological polar surface area (TPSA) is 65.6 Å². The maximum atomic E-state index is 10.0. The molecule has 9 heavy (non-hydrogen) atoms. The molecule has 0 spiro atoms. The van der Waals surface area contributed by atoms with Crippen LogP contribution in [0.3, 0.4) is 0 Å². The van der Waals surface area contributed by atoms with Crippen LogP contribution in [-0.2, 0) is 9.59 Å². The summed E-state index contributed by atoms with van der Waals surface area (Å²) in [4.78, 5) is 20.1. The zero-order valence-electron chi connectivity index (χ0n) is 5.73. The molecule has 0 aliphatic heterocycles. The minimum absolute atomic E-state index is 0. The van der Waals surface area contributed by atoms with Crippen LogP contribution in [0.2, 0.25) is 0 Å². The van der Waals surface area contributed by atoms with Crippen molar-refractivity contribution in [3.05, 3.63) is 0 Å². The van der Waals surface area contributed by atoms with Crippen molar-refractivity contribution >= 4 is 49.3 Å². The molecule has 0 amide bonds. The molecule has 0 saturated carbocycles. The Bertz CT molecular complexity index is 88.4. The van der Waals surface area contributed by atoms with Crippen LogP contribution in [0.1, 0.15) is 20.3 Å². The maximum absolute atomic E-state index is 10.0. The number of carbonyl (C=O) groups excluding carboxylic acids is 2. The standard InChI is InChI=1S/C5H8O2.Ca.H2O/c1-4(6)3-5(2)7;;/h3H2,1-2H3;;1H2/q;+2;. The summed E-state index contributed by atoms with van der Waals surface area (Å²) in [6.07, 6.45) is 0.0833. The Morgan fingerprint density at radius 3 is 1.33 bits per heavy atom. The van der Waals surface area contributed by atoms with Crippen LogP contribution >= 0.6 is 0 Å². The van der Waals surface area contributed by atoms with Crippen LogP contribution in [0.25, 0.3) is 0 Å². The number of carbonyl (C=O) groups is 2. The Morgan fingerprint density at radius 2 is 1.33 bits per heavy atom. The largest absolute Gasteiger partial charge is 2.00 e. The molecule has 0 aromatic heterocycles. The molecule has 0 aromatic carbocycles. The first kappa shape index (κ1) is 16.3. The van der Waals surface area contributed by atoms with Gasteiger partial charge in [-0.2, -0.15) is 0 Å². The van der Waals surface area contributed by atoms with Crippen molar-refractivity contribution in [1.82, 2.24) is 0 Å². The first-order chi connectivity index (χ1) is 3.13. The van der Waals surface area contributed by atoms with Crippen molar-refractivity contribution in [3.8, 4) is 0 Å². The number of hydrogen-bond acceptors (Lipinski definition) is 2. The van der Waals surface area contributed by atoms with Gasteiger partial charge in [-0.1, -0.05) is 0 Å². The Hall–Kier alpha value is 0.560. The van der Waals surface area contributed by atoms with Crippen molar-refractivity contribution in [1.29, 1.82) is 0 Å². The predicted molar refractivity (Wildman–Crippen MR) is 35.3 cm³/mol. The first-order valence-corrected chi connectivity index (χ1v) is 2.12. The molecule has 0 atom stereocenters. The number of rotatable bonds is 2. The molecule has 0 saturated heterocycles. The maximum Gasteiger partial charge on any atom is 2.00 e. The molecular formula is C5H10CaO3+2. The summed E-state index contributed by atoms with van der Waals surface area (Å²) in [7, 11) is 0. The molecule has 0 aromatic rings. The van der Waals surface area contributed by atoms with Crippen LogP contribution < -0.4 is 0 Å². The first-order valence-electron chi connectivity index (χ1n) is 2.12. The second-order valence-electron chi connectivity index (χ2n) is 1.58. The summed E-state index contributed by atoms with van der Waals surface area (Å²) in [6.45, 7) is 2.81. The van der Waals surface area contributed by atoms with Crippen molar-refractivity contribution in [2.24, 2.45) is 0 Å². The fourth-order valence-corrected chi connectivity index (χ4v) is 0.351. The third-order valence-electron chi connectivity index (χ3n) is 0.498. The fourth-order valence-electron chi connectivity index (χ4n) is 0.351. The van der Waals surface area contributed by atoms with E-state index in [2.05, 4.69) is 0 Å². The third-order valence-corrected chi connectivity index (χ3v) is 0.498. The van der Waals surface area contributed by atoms with Crippen LogP contribution in [0.4, 0.5) is 0 Å². The molecule has 0 rings (SSSR count). The Kier molecular flexibility index (Phi) is 15.5. The smallest absolute Gasteiger partial charge is 0.412 e. The second kappa shape index (κ2) is 8.56.